The zero-order valence-corrected chi connectivity index (χ0v) is 11.7. The number of anilines is 1. The average Bonchev–Trinajstić information content (AvgIpc) is 2.72. The second kappa shape index (κ2) is 6.10. The van der Waals surface area contributed by atoms with Gasteiger partial charge in [-0.25, -0.2) is 4.98 Å². The van der Waals surface area contributed by atoms with Gasteiger partial charge in [-0.05, 0) is 24.5 Å². The third kappa shape index (κ3) is 2.78. The summed E-state index contributed by atoms with van der Waals surface area (Å²) in [6, 6.07) is 8.18. The molecule has 1 aromatic carbocycles. The molecule has 18 heavy (non-hydrogen) atoms. The zero-order valence-electron chi connectivity index (χ0n) is 11.0. The van der Waals surface area contributed by atoms with Gasteiger partial charge in [0.25, 0.3) is 0 Å². The predicted molar refractivity (Wildman–Crippen MR) is 78.3 cm³/mol. The predicted octanol–water partition coefficient (Wildman–Crippen LogP) is 3.64. The van der Waals surface area contributed by atoms with Gasteiger partial charge < -0.3 is 9.88 Å². The molecule has 98 valence electrons. The maximum Gasteiger partial charge on any atom is 0.203 e. The summed E-state index contributed by atoms with van der Waals surface area (Å²) in [4.78, 5) is 4.60. The Morgan fingerprint density at radius 3 is 2.83 bits per heavy atom. The van der Waals surface area contributed by atoms with Crippen LogP contribution < -0.4 is 5.32 Å². The first-order valence-corrected chi connectivity index (χ1v) is 7.01. The van der Waals surface area contributed by atoms with Crippen molar-refractivity contribution < 1.29 is 0 Å². The van der Waals surface area contributed by atoms with Crippen LogP contribution in [0.2, 0.25) is 0 Å². The van der Waals surface area contributed by atoms with Crippen molar-refractivity contribution in [3.63, 3.8) is 0 Å². The smallest absolute Gasteiger partial charge is 0.203 e. The van der Waals surface area contributed by atoms with Gasteiger partial charge in [0.05, 0.1) is 11.0 Å². The highest BCUT2D eigenvalue weighted by Gasteiger charge is 2.09. The number of aromatic nitrogens is 2. The van der Waals surface area contributed by atoms with Crippen molar-refractivity contribution in [1.82, 2.24) is 9.55 Å². The molecule has 4 heteroatoms. The van der Waals surface area contributed by atoms with E-state index in [9.17, 15) is 0 Å². The lowest BCUT2D eigenvalue weighted by Gasteiger charge is -2.14. The van der Waals surface area contributed by atoms with Crippen LogP contribution in [0.15, 0.2) is 24.3 Å². The highest BCUT2D eigenvalue weighted by molar-refractivity contribution is 6.17. The third-order valence-corrected chi connectivity index (χ3v) is 3.65. The molecule has 2 rings (SSSR count). The van der Waals surface area contributed by atoms with Crippen molar-refractivity contribution >= 4 is 28.6 Å². The van der Waals surface area contributed by atoms with E-state index in [0.29, 0.717) is 5.92 Å². The van der Waals surface area contributed by atoms with Crippen LogP contribution in [0.5, 0.6) is 0 Å². The summed E-state index contributed by atoms with van der Waals surface area (Å²) in [7, 11) is 2.04. The van der Waals surface area contributed by atoms with Crippen molar-refractivity contribution in [3.05, 3.63) is 24.3 Å². The van der Waals surface area contributed by atoms with E-state index in [1.807, 2.05) is 25.2 Å². The maximum absolute atomic E-state index is 5.80. The lowest BCUT2D eigenvalue weighted by molar-refractivity contribution is 0.519. The molecule has 0 aliphatic heterocycles. The Labute approximate surface area is 113 Å². The number of alkyl halides is 1. The topological polar surface area (TPSA) is 29.9 Å². The quantitative estimate of drug-likeness (QED) is 0.808. The van der Waals surface area contributed by atoms with Crippen molar-refractivity contribution in [2.75, 3.05) is 17.7 Å². The van der Waals surface area contributed by atoms with E-state index in [1.165, 1.54) is 0 Å². The number of para-hydroxylation sites is 2. The molecule has 0 amide bonds. The Balaban J connectivity index is 2.09. The fraction of sp³-hybridized carbons (Fsp3) is 0.500. The SMILES string of the molecule is CCC(CCCl)CNc1nc2ccccc2n1C. The number of imidazole rings is 1. The number of hydrogen-bond donors (Lipinski definition) is 1. The summed E-state index contributed by atoms with van der Waals surface area (Å²) in [5.41, 5.74) is 2.19. The highest BCUT2D eigenvalue weighted by atomic mass is 35.5. The van der Waals surface area contributed by atoms with Crippen LogP contribution in [0.3, 0.4) is 0 Å². The minimum absolute atomic E-state index is 0.613. The monoisotopic (exact) mass is 265 g/mol. The van der Waals surface area contributed by atoms with Crippen LogP contribution in [0.4, 0.5) is 5.95 Å². The van der Waals surface area contributed by atoms with Gasteiger partial charge in [-0.1, -0.05) is 25.5 Å². The van der Waals surface area contributed by atoms with Crippen LogP contribution in [-0.4, -0.2) is 22.0 Å². The van der Waals surface area contributed by atoms with Gasteiger partial charge in [0.15, 0.2) is 0 Å². The average molecular weight is 266 g/mol. The first-order valence-electron chi connectivity index (χ1n) is 6.47. The summed E-state index contributed by atoms with van der Waals surface area (Å²) in [5.74, 6) is 2.27. The molecular weight excluding hydrogens is 246 g/mol. The Hall–Kier alpha value is -1.22. The Morgan fingerprint density at radius 2 is 2.17 bits per heavy atom. The molecule has 1 heterocycles. The second-order valence-electron chi connectivity index (χ2n) is 4.62. The Morgan fingerprint density at radius 1 is 1.39 bits per heavy atom. The van der Waals surface area contributed by atoms with Gasteiger partial charge in [-0.2, -0.15) is 0 Å². The Bertz CT molecular complexity index is 507. The molecule has 2 aromatic rings. The molecule has 1 atom stereocenters. The zero-order chi connectivity index (χ0) is 13.0. The number of nitrogens with one attached hydrogen (secondary N) is 1. The molecule has 1 N–H and O–H groups in total. The van der Waals surface area contributed by atoms with E-state index in [2.05, 4.69) is 27.9 Å². The summed E-state index contributed by atoms with van der Waals surface area (Å²) >= 11 is 5.80. The second-order valence-corrected chi connectivity index (χ2v) is 4.99. The molecule has 3 nitrogen and oxygen atoms in total. The van der Waals surface area contributed by atoms with Gasteiger partial charge in [0, 0.05) is 19.5 Å². The molecule has 0 radical (unpaired) electrons. The first-order chi connectivity index (χ1) is 8.76. The normalized spacial score (nSPS) is 12.8. The summed E-state index contributed by atoms with van der Waals surface area (Å²) < 4.78 is 2.10. The number of benzene rings is 1. The van der Waals surface area contributed by atoms with Gasteiger partial charge in [-0.3, -0.25) is 0 Å². The summed E-state index contributed by atoms with van der Waals surface area (Å²) in [5, 5.41) is 3.43. The van der Waals surface area contributed by atoms with E-state index in [-0.39, 0.29) is 0 Å². The minimum Gasteiger partial charge on any atom is -0.355 e. The van der Waals surface area contributed by atoms with Gasteiger partial charge in [0.1, 0.15) is 0 Å². The summed E-state index contributed by atoms with van der Waals surface area (Å²) in [6.07, 6.45) is 2.19. The number of halogens is 1. The number of rotatable bonds is 6. The van der Waals surface area contributed by atoms with Crippen LogP contribution in [0.1, 0.15) is 19.8 Å². The fourth-order valence-electron chi connectivity index (χ4n) is 2.14. The van der Waals surface area contributed by atoms with Crippen LogP contribution in [-0.2, 0) is 7.05 Å². The maximum atomic E-state index is 5.80. The fourth-order valence-corrected chi connectivity index (χ4v) is 2.45. The number of nitrogens with zero attached hydrogens (tertiary/aromatic N) is 2. The van der Waals surface area contributed by atoms with Crippen molar-refractivity contribution in [2.24, 2.45) is 13.0 Å². The van der Waals surface area contributed by atoms with E-state index in [0.717, 1.165) is 42.2 Å². The lowest BCUT2D eigenvalue weighted by Crippen LogP contribution is -2.16. The molecule has 0 aliphatic carbocycles. The molecule has 0 saturated heterocycles. The number of hydrogen-bond acceptors (Lipinski definition) is 2. The molecule has 0 saturated carbocycles. The molecule has 0 aliphatic rings. The highest BCUT2D eigenvalue weighted by Crippen LogP contribution is 2.18. The van der Waals surface area contributed by atoms with Crippen molar-refractivity contribution in [3.8, 4) is 0 Å². The van der Waals surface area contributed by atoms with E-state index >= 15 is 0 Å². The molecule has 0 fully saturated rings. The minimum atomic E-state index is 0.613. The van der Waals surface area contributed by atoms with E-state index < -0.39 is 0 Å². The molecular formula is C14H20ClN3. The van der Waals surface area contributed by atoms with E-state index in [4.69, 9.17) is 11.6 Å². The lowest BCUT2D eigenvalue weighted by atomic mass is 10.0. The van der Waals surface area contributed by atoms with Crippen molar-refractivity contribution in [2.45, 2.75) is 19.8 Å². The van der Waals surface area contributed by atoms with E-state index in [1.54, 1.807) is 0 Å². The summed E-state index contributed by atoms with van der Waals surface area (Å²) in [6.45, 7) is 3.13. The van der Waals surface area contributed by atoms with Gasteiger partial charge in [0.2, 0.25) is 5.95 Å². The van der Waals surface area contributed by atoms with Gasteiger partial charge >= 0.3 is 0 Å². The largest absolute Gasteiger partial charge is 0.355 e. The molecule has 0 spiro atoms. The molecule has 1 unspecified atom stereocenters. The van der Waals surface area contributed by atoms with Crippen LogP contribution in [0.25, 0.3) is 11.0 Å². The number of aryl methyl sites for hydroxylation is 1. The first kappa shape index (κ1) is 13.2. The van der Waals surface area contributed by atoms with Gasteiger partial charge in [-0.15, -0.1) is 11.6 Å². The third-order valence-electron chi connectivity index (χ3n) is 3.43. The molecule has 1 aromatic heterocycles. The van der Waals surface area contributed by atoms with Crippen molar-refractivity contribution in [1.29, 1.82) is 0 Å². The van der Waals surface area contributed by atoms with Crippen LogP contribution >= 0.6 is 11.6 Å². The standard InChI is InChI=1S/C14H20ClN3/c1-3-11(8-9-15)10-16-14-17-12-6-4-5-7-13(12)18(14)2/h4-7,11H,3,8-10H2,1-2H3,(H,16,17). The Kier molecular flexibility index (Phi) is 4.48. The van der Waals surface area contributed by atoms with Crippen LogP contribution in [0, 0.1) is 5.92 Å². The molecule has 0 bridgehead atoms. The number of fused-ring (bicyclic) bond motifs is 1.